The van der Waals surface area contributed by atoms with Gasteiger partial charge in [-0.3, -0.25) is 19.3 Å². The molecule has 3 amide bonds. The summed E-state index contributed by atoms with van der Waals surface area (Å²) >= 11 is 5.88. The lowest BCUT2D eigenvalue weighted by Gasteiger charge is -2.36. The van der Waals surface area contributed by atoms with E-state index in [0.29, 0.717) is 17.0 Å². The van der Waals surface area contributed by atoms with Gasteiger partial charge in [-0.05, 0) is 37.8 Å². The van der Waals surface area contributed by atoms with Crippen molar-refractivity contribution >= 4 is 35.3 Å². The third-order valence-electron chi connectivity index (χ3n) is 5.58. The molecule has 2 fully saturated rings. The molecule has 3 rings (SSSR count). The van der Waals surface area contributed by atoms with Crippen molar-refractivity contribution in [3.63, 3.8) is 0 Å². The lowest BCUT2D eigenvalue weighted by molar-refractivity contribution is -0.150. The summed E-state index contributed by atoms with van der Waals surface area (Å²) in [5.74, 6) is -1.62. The van der Waals surface area contributed by atoms with Gasteiger partial charge in [-0.25, -0.2) is 4.79 Å². The molecule has 1 aliphatic heterocycles. The van der Waals surface area contributed by atoms with Crippen LogP contribution in [0.4, 0.5) is 4.79 Å². The van der Waals surface area contributed by atoms with Crippen molar-refractivity contribution in [2.75, 3.05) is 6.54 Å². The van der Waals surface area contributed by atoms with Gasteiger partial charge in [0.15, 0.2) is 6.10 Å². The second kappa shape index (κ2) is 7.91. The monoisotopic (exact) mass is 406 g/mol. The van der Waals surface area contributed by atoms with E-state index < -0.39 is 41.9 Å². The van der Waals surface area contributed by atoms with E-state index in [-0.39, 0.29) is 5.92 Å². The first-order valence-electron chi connectivity index (χ1n) is 9.38. The number of carbonyl (C=O) groups excluding carboxylic acids is 4. The highest BCUT2D eigenvalue weighted by molar-refractivity contribution is 6.31. The van der Waals surface area contributed by atoms with E-state index in [9.17, 15) is 19.2 Å². The standard InChI is InChI=1S/C20H23ClN2O5/c1-12-6-3-4-9-20(12)18(26)23(19(27)22-20)11-16(24)28-13(2)17(25)14-7-5-8-15(21)10-14/h5,7-8,10,12-13H,3-4,6,9,11H2,1-2H3,(H,22,27)/t12-,13+,20-/m1/s1. The number of imide groups is 1. The van der Waals surface area contributed by atoms with E-state index in [4.69, 9.17) is 16.3 Å². The Labute approximate surface area is 168 Å². The lowest BCUT2D eigenvalue weighted by atomic mass is 9.73. The van der Waals surface area contributed by atoms with E-state index in [1.54, 1.807) is 18.2 Å². The summed E-state index contributed by atoms with van der Waals surface area (Å²) in [5.41, 5.74) is -0.615. The molecule has 1 aromatic carbocycles. The van der Waals surface area contributed by atoms with Crippen molar-refractivity contribution in [2.45, 2.75) is 51.2 Å². The number of ketones is 1. The first-order chi connectivity index (χ1) is 13.2. The maximum Gasteiger partial charge on any atom is 0.326 e. The van der Waals surface area contributed by atoms with Crippen LogP contribution in [0.5, 0.6) is 0 Å². The van der Waals surface area contributed by atoms with Crippen molar-refractivity contribution in [1.29, 1.82) is 0 Å². The van der Waals surface area contributed by atoms with Crippen LogP contribution in [0.3, 0.4) is 0 Å². The highest BCUT2D eigenvalue weighted by Gasteiger charge is 2.55. The van der Waals surface area contributed by atoms with Crippen LogP contribution in [-0.4, -0.2) is 46.8 Å². The van der Waals surface area contributed by atoms with Crippen molar-refractivity contribution in [3.8, 4) is 0 Å². The number of nitrogens with zero attached hydrogens (tertiary/aromatic N) is 1. The van der Waals surface area contributed by atoms with Crippen LogP contribution in [-0.2, 0) is 14.3 Å². The molecule has 3 atom stereocenters. The quantitative estimate of drug-likeness (QED) is 0.461. The molecule has 1 spiro atoms. The predicted molar refractivity (Wildman–Crippen MR) is 102 cm³/mol. The molecule has 1 aromatic rings. The Kier molecular flexibility index (Phi) is 5.74. The largest absolute Gasteiger partial charge is 0.453 e. The fourth-order valence-corrected chi connectivity index (χ4v) is 4.12. The number of Topliss-reactive ketones (excluding diaryl/α,β-unsaturated/α-hetero) is 1. The van der Waals surface area contributed by atoms with Crippen molar-refractivity contribution in [1.82, 2.24) is 10.2 Å². The van der Waals surface area contributed by atoms with Gasteiger partial charge in [0.05, 0.1) is 0 Å². The average molecular weight is 407 g/mol. The normalized spacial score (nSPS) is 25.5. The van der Waals surface area contributed by atoms with E-state index >= 15 is 0 Å². The Hall–Kier alpha value is -2.41. The number of esters is 1. The number of hydrogen-bond acceptors (Lipinski definition) is 5. The maximum atomic E-state index is 12.9. The van der Waals surface area contributed by atoms with Crippen LogP contribution < -0.4 is 5.32 Å². The SMILES string of the molecule is C[C@H](OC(=O)CN1C(=O)N[C@@]2(CCCC[C@H]2C)C1=O)C(=O)c1cccc(Cl)c1. The fourth-order valence-electron chi connectivity index (χ4n) is 3.93. The molecule has 7 nitrogen and oxygen atoms in total. The van der Waals surface area contributed by atoms with Crippen LogP contribution in [0.15, 0.2) is 24.3 Å². The predicted octanol–water partition coefficient (Wildman–Crippen LogP) is 2.96. The van der Waals surface area contributed by atoms with E-state index in [0.717, 1.165) is 24.2 Å². The summed E-state index contributed by atoms with van der Waals surface area (Å²) in [6.45, 7) is 2.86. The Balaban J connectivity index is 1.63. The highest BCUT2D eigenvalue weighted by atomic mass is 35.5. The zero-order valence-electron chi connectivity index (χ0n) is 15.9. The molecule has 8 heteroatoms. The summed E-state index contributed by atoms with van der Waals surface area (Å²) in [4.78, 5) is 50.8. The molecule has 150 valence electrons. The third kappa shape index (κ3) is 3.76. The first kappa shape index (κ1) is 20.3. The van der Waals surface area contributed by atoms with Gasteiger partial charge >= 0.3 is 12.0 Å². The van der Waals surface area contributed by atoms with Gasteiger partial charge < -0.3 is 10.1 Å². The fraction of sp³-hybridized carbons (Fsp3) is 0.500. The summed E-state index contributed by atoms with van der Waals surface area (Å²) in [6, 6.07) is 5.73. The van der Waals surface area contributed by atoms with Gasteiger partial charge in [0.1, 0.15) is 12.1 Å². The zero-order chi connectivity index (χ0) is 20.5. The van der Waals surface area contributed by atoms with Gasteiger partial charge in [-0.1, -0.05) is 43.5 Å². The molecular weight excluding hydrogens is 384 g/mol. The van der Waals surface area contributed by atoms with Crippen LogP contribution in [0.25, 0.3) is 0 Å². The van der Waals surface area contributed by atoms with Gasteiger partial charge in [0.2, 0.25) is 5.78 Å². The van der Waals surface area contributed by atoms with E-state index in [1.807, 2.05) is 6.92 Å². The number of rotatable bonds is 5. The molecule has 0 aromatic heterocycles. The number of carbonyl (C=O) groups is 4. The molecule has 28 heavy (non-hydrogen) atoms. The second-order valence-electron chi connectivity index (χ2n) is 7.45. The molecule has 0 radical (unpaired) electrons. The Bertz CT molecular complexity index is 827. The van der Waals surface area contributed by atoms with Crippen molar-refractivity contribution in [2.24, 2.45) is 5.92 Å². The van der Waals surface area contributed by atoms with Crippen LogP contribution in [0.2, 0.25) is 5.02 Å². The zero-order valence-corrected chi connectivity index (χ0v) is 16.6. The topological polar surface area (TPSA) is 92.8 Å². The Morgan fingerprint density at radius 1 is 1.36 bits per heavy atom. The summed E-state index contributed by atoms with van der Waals surface area (Å²) in [7, 11) is 0. The Morgan fingerprint density at radius 2 is 2.11 bits per heavy atom. The molecule has 1 aliphatic carbocycles. The number of amides is 3. The molecule has 1 heterocycles. The molecular formula is C20H23ClN2O5. The first-order valence-corrected chi connectivity index (χ1v) is 9.76. The number of ether oxygens (including phenoxy) is 1. The van der Waals surface area contributed by atoms with Gasteiger partial charge in [0, 0.05) is 10.6 Å². The minimum Gasteiger partial charge on any atom is -0.453 e. The van der Waals surface area contributed by atoms with Crippen LogP contribution in [0, 0.1) is 5.92 Å². The molecule has 0 unspecified atom stereocenters. The smallest absolute Gasteiger partial charge is 0.326 e. The van der Waals surface area contributed by atoms with Crippen LogP contribution in [0.1, 0.15) is 49.9 Å². The molecule has 0 bridgehead atoms. The second-order valence-corrected chi connectivity index (χ2v) is 7.88. The third-order valence-corrected chi connectivity index (χ3v) is 5.81. The number of halogens is 1. The molecule has 1 saturated carbocycles. The van der Waals surface area contributed by atoms with E-state index in [1.165, 1.54) is 13.0 Å². The summed E-state index contributed by atoms with van der Waals surface area (Å²) in [5, 5.41) is 3.18. The van der Waals surface area contributed by atoms with Crippen molar-refractivity contribution < 1.29 is 23.9 Å². The van der Waals surface area contributed by atoms with Crippen molar-refractivity contribution in [3.05, 3.63) is 34.9 Å². The van der Waals surface area contributed by atoms with Crippen LogP contribution >= 0.6 is 11.6 Å². The Morgan fingerprint density at radius 3 is 2.79 bits per heavy atom. The average Bonchev–Trinajstić information content (AvgIpc) is 2.88. The number of nitrogens with one attached hydrogen (secondary N) is 1. The molecule has 1 saturated heterocycles. The lowest BCUT2D eigenvalue weighted by Crippen LogP contribution is -2.54. The summed E-state index contributed by atoms with van der Waals surface area (Å²) in [6.07, 6.45) is 2.20. The van der Waals surface area contributed by atoms with Gasteiger partial charge in [0.25, 0.3) is 5.91 Å². The summed E-state index contributed by atoms with van der Waals surface area (Å²) < 4.78 is 5.16. The number of hydrogen-bond donors (Lipinski definition) is 1. The van der Waals surface area contributed by atoms with Gasteiger partial charge in [-0.2, -0.15) is 0 Å². The highest BCUT2D eigenvalue weighted by Crippen LogP contribution is 2.38. The van der Waals surface area contributed by atoms with E-state index in [2.05, 4.69) is 5.32 Å². The molecule has 2 aliphatic rings. The minimum atomic E-state index is -1.06. The van der Waals surface area contributed by atoms with Gasteiger partial charge in [-0.15, -0.1) is 0 Å². The maximum absolute atomic E-state index is 12.9. The molecule has 1 N–H and O–H groups in total. The number of urea groups is 1. The minimum absolute atomic E-state index is 0.00190. The number of benzene rings is 1.